The quantitative estimate of drug-likeness (QED) is 0.129. The van der Waals surface area contributed by atoms with Gasteiger partial charge in [-0.1, -0.05) is 18.2 Å². The van der Waals surface area contributed by atoms with Crippen molar-refractivity contribution in [1.29, 1.82) is 5.26 Å². The van der Waals surface area contributed by atoms with E-state index in [2.05, 4.69) is 50.5 Å². The van der Waals surface area contributed by atoms with Gasteiger partial charge in [-0.25, -0.2) is 9.18 Å². The highest BCUT2D eigenvalue weighted by Gasteiger charge is 2.14. The minimum absolute atomic E-state index is 0.0780. The van der Waals surface area contributed by atoms with Crippen molar-refractivity contribution >= 4 is 68.8 Å². The van der Waals surface area contributed by atoms with Crippen molar-refractivity contribution in [3.8, 4) is 11.8 Å². The van der Waals surface area contributed by atoms with Crippen LogP contribution in [-0.4, -0.2) is 18.5 Å². The van der Waals surface area contributed by atoms with Gasteiger partial charge in [0.05, 0.1) is 19.3 Å². The van der Waals surface area contributed by atoms with Crippen LogP contribution in [0, 0.1) is 24.3 Å². The SMILES string of the molecule is CCOC(=O)c1ccc(NC(=O)/C(C#N)=C/c2cc(I)c(OCc3ccccc3F)c(I)c2)cc1. The topological polar surface area (TPSA) is 88.4 Å². The van der Waals surface area contributed by atoms with Crippen molar-refractivity contribution < 1.29 is 23.5 Å². The molecule has 0 heterocycles. The van der Waals surface area contributed by atoms with E-state index in [1.54, 1.807) is 49.4 Å². The van der Waals surface area contributed by atoms with Crippen molar-refractivity contribution in [3.63, 3.8) is 0 Å². The molecule has 35 heavy (non-hydrogen) atoms. The first kappa shape index (κ1) is 26.6. The lowest BCUT2D eigenvalue weighted by Crippen LogP contribution is -2.13. The highest BCUT2D eigenvalue weighted by atomic mass is 127. The second-order valence-corrected chi connectivity index (χ2v) is 9.44. The van der Waals surface area contributed by atoms with Crippen molar-refractivity contribution in [2.24, 2.45) is 0 Å². The second-order valence-electron chi connectivity index (χ2n) is 7.12. The van der Waals surface area contributed by atoms with Crippen LogP contribution in [0.4, 0.5) is 10.1 Å². The molecule has 0 aliphatic heterocycles. The van der Waals surface area contributed by atoms with Crippen LogP contribution in [-0.2, 0) is 16.1 Å². The third-order valence-electron chi connectivity index (χ3n) is 4.68. The molecule has 0 unspecified atom stereocenters. The molecule has 0 saturated carbocycles. The number of anilines is 1. The zero-order valence-corrected chi connectivity index (χ0v) is 22.8. The largest absolute Gasteiger partial charge is 0.487 e. The number of esters is 1. The van der Waals surface area contributed by atoms with Gasteiger partial charge in [0.15, 0.2) is 0 Å². The van der Waals surface area contributed by atoms with Gasteiger partial charge in [0.25, 0.3) is 5.91 Å². The number of nitriles is 1. The average Bonchev–Trinajstić information content (AvgIpc) is 2.83. The predicted octanol–water partition coefficient (Wildman–Crippen LogP) is 6.34. The summed E-state index contributed by atoms with van der Waals surface area (Å²) in [5.41, 5.74) is 1.79. The fourth-order valence-electron chi connectivity index (χ4n) is 2.98. The number of carbonyl (C=O) groups excluding carboxylic acids is 2. The summed E-state index contributed by atoms with van der Waals surface area (Å²) < 4.78 is 26.2. The molecular formula is C26H19FI2N2O4. The first-order valence-corrected chi connectivity index (χ1v) is 12.5. The molecule has 3 aromatic rings. The Morgan fingerprint density at radius 3 is 2.34 bits per heavy atom. The Kier molecular flexibility index (Phi) is 9.62. The third kappa shape index (κ3) is 7.25. The number of carbonyl (C=O) groups is 2. The minimum atomic E-state index is -0.582. The number of amides is 1. The van der Waals surface area contributed by atoms with Crippen molar-refractivity contribution in [2.45, 2.75) is 13.5 Å². The van der Waals surface area contributed by atoms with Crippen molar-refractivity contribution in [3.05, 3.63) is 95.9 Å². The number of benzene rings is 3. The summed E-state index contributed by atoms with van der Waals surface area (Å²) in [6, 6.07) is 18.1. The van der Waals surface area contributed by atoms with Gasteiger partial charge in [-0.3, -0.25) is 4.79 Å². The summed E-state index contributed by atoms with van der Waals surface area (Å²) in [7, 11) is 0. The number of nitrogens with one attached hydrogen (secondary N) is 1. The van der Waals surface area contributed by atoms with Gasteiger partial charge in [0, 0.05) is 11.3 Å². The molecule has 0 aliphatic rings. The van der Waals surface area contributed by atoms with Gasteiger partial charge in [0.1, 0.15) is 29.8 Å². The van der Waals surface area contributed by atoms with E-state index in [1.807, 2.05) is 6.07 Å². The van der Waals surface area contributed by atoms with E-state index in [1.165, 1.54) is 24.3 Å². The summed E-state index contributed by atoms with van der Waals surface area (Å²) in [5.74, 6) is -0.775. The average molecular weight is 696 g/mol. The Hall–Kier alpha value is -2.98. The zero-order chi connectivity index (χ0) is 25.4. The molecule has 0 fully saturated rings. The molecule has 9 heteroatoms. The summed E-state index contributed by atoms with van der Waals surface area (Å²) >= 11 is 4.20. The highest BCUT2D eigenvalue weighted by Crippen LogP contribution is 2.31. The first-order valence-electron chi connectivity index (χ1n) is 10.4. The fraction of sp³-hybridized carbons (Fsp3) is 0.115. The summed E-state index contributed by atoms with van der Waals surface area (Å²) in [4.78, 5) is 24.4. The lowest BCUT2D eigenvalue weighted by Gasteiger charge is -2.12. The zero-order valence-electron chi connectivity index (χ0n) is 18.5. The van der Waals surface area contributed by atoms with Gasteiger partial charge in [-0.2, -0.15) is 5.26 Å². The van der Waals surface area contributed by atoms with Crippen molar-refractivity contribution in [1.82, 2.24) is 0 Å². The molecule has 1 amide bonds. The number of nitrogens with zero attached hydrogens (tertiary/aromatic N) is 1. The maximum Gasteiger partial charge on any atom is 0.338 e. The Labute approximate surface area is 229 Å². The van der Waals surface area contributed by atoms with Crippen LogP contribution in [0.3, 0.4) is 0 Å². The number of ether oxygens (including phenoxy) is 2. The molecule has 0 atom stereocenters. The highest BCUT2D eigenvalue weighted by molar-refractivity contribution is 14.1. The summed E-state index contributed by atoms with van der Waals surface area (Å²) in [6.45, 7) is 2.07. The second kappa shape index (κ2) is 12.6. The van der Waals surface area contributed by atoms with Crippen LogP contribution >= 0.6 is 45.2 Å². The van der Waals surface area contributed by atoms with Crippen LogP contribution in [0.2, 0.25) is 0 Å². The van der Waals surface area contributed by atoms with Crippen LogP contribution in [0.25, 0.3) is 6.08 Å². The summed E-state index contributed by atoms with van der Waals surface area (Å²) in [6.07, 6.45) is 1.48. The normalized spacial score (nSPS) is 10.9. The molecule has 0 bridgehead atoms. The van der Waals surface area contributed by atoms with E-state index >= 15 is 0 Å². The van der Waals surface area contributed by atoms with Gasteiger partial charge >= 0.3 is 5.97 Å². The van der Waals surface area contributed by atoms with E-state index in [0.717, 1.165) is 7.14 Å². The summed E-state index contributed by atoms with van der Waals surface area (Å²) in [5, 5.41) is 12.2. The number of rotatable bonds is 8. The number of halogens is 3. The number of hydrogen-bond acceptors (Lipinski definition) is 5. The molecule has 0 spiro atoms. The predicted molar refractivity (Wildman–Crippen MR) is 147 cm³/mol. The van der Waals surface area contributed by atoms with Gasteiger partial charge in [0.2, 0.25) is 0 Å². The van der Waals surface area contributed by atoms with Gasteiger partial charge < -0.3 is 14.8 Å². The Balaban J connectivity index is 1.73. The Bertz CT molecular complexity index is 1290. The molecule has 3 rings (SSSR count). The molecule has 0 aliphatic carbocycles. The van der Waals surface area contributed by atoms with Crippen LogP contribution in [0.15, 0.2) is 66.2 Å². The maximum absolute atomic E-state index is 13.9. The molecule has 0 radical (unpaired) electrons. The van der Waals surface area contributed by atoms with Gasteiger partial charge in [-0.15, -0.1) is 0 Å². The standard InChI is InChI=1S/C26H19FI2N2O4/c1-2-34-26(33)17-7-9-20(10-8-17)31-25(32)19(14-30)11-16-12-22(28)24(23(29)13-16)35-15-18-5-3-4-6-21(18)27/h3-13H,2,15H2,1H3,(H,31,32)/b19-11+. The molecule has 6 nitrogen and oxygen atoms in total. The van der Waals surface area contributed by atoms with Crippen LogP contribution in [0.5, 0.6) is 5.75 Å². The van der Waals surface area contributed by atoms with E-state index in [4.69, 9.17) is 9.47 Å². The van der Waals surface area contributed by atoms with Crippen molar-refractivity contribution in [2.75, 3.05) is 11.9 Å². The Morgan fingerprint density at radius 2 is 1.74 bits per heavy atom. The lowest BCUT2D eigenvalue weighted by molar-refractivity contribution is -0.112. The lowest BCUT2D eigenvalue weighted by atomic mass is 10.1. The molecule has 178 valence electrons. The van der Waals surface area contributed by atoms with Gasteiger partial charge in [-0.05, 0) is 106 Å². The minimum Gasteiger partial charge on any atom is -0.487 e. The molecule has 3 aromatic carbocycles. The van der Waals surface area contributed by atoms with E-state index in [9.17, 15) is 19.2 Å². The van der Waals surface area contributed by atoms with Crippen LogP contribution < -0.4 is 10.1 Å². The Morgan fingerprint density at radius 1 is 1.09 bits per heavy atom. The molecule has 1 N–H and O–H groups in total. The number of hydrogen-bond donors (Lipinski definition) is 1. The third-order valence-corrected chi connectivity index (χ3v) is 6.28. The van der Waals surface area contributed by atoms with E-state index < -0.39 is 11.9 Å². The van der Waals surface area contributed by atoms with Crippen LogP contribution in [0.1, 0.15) is 28.4 Å². The first-order chi connectivity index (χ1) is 16.8. The molecule has 0 saturated heterocycles. The maximum atomic E-state index is 13.9. The smallest absolute Gasteiger partial charge is 0.338 e. The molecular weight excluding hydrogens is 677 g/mol. The van der Waals surface area contributed by atoms with E-state index in [-0.39, 0.29) is 24.6 Å². The fourth-order valence-corrected chi connectivity index (χ4v) is 5.11. The monoisotopic (exact) mass is 696 g/mol. The van der Waals surface area contributed by atoms with E-state index in [0.29, 0.717) is 28.1 Å². The molecule has 0 aromatic heterocycles.